The van der Waals surface area contributed by atoms with E-state index in [4.69, 9.17) is 5.73 Å². The van der Waals surface area contributed by atoms with E-state index in [1.54, 1.807) is 0 Å². The van der Waals surface area contributed by atoms with E-state index < -0.39 is 0 Å². The van der Waals surface area contributed by atoms with Crippen LogP contribution >= 0.6 is 0 Å². The molecule has 0 fully saturated rings. The van der Waals surface area contributed by atoms with Crippen LogP contribution in [0.4, 0.5) is 17.6 Å². The zero-order valence-electron chi connectivity index (χ0n) is 13.5. The normalized spacial score (nSPS) is 11.2. The maximum atomic E-state index is 5.80. The number of anilines is 3. The fourth-order valence-electron chi connectivity index (χ4n) is 1.91. The summed E-state index contributed by atoms with van der Waals surface area (Å²) in [7, 11) is 1.85. The van der Waals surface area contributed by atoms with Crippen molar-refractivity contribution in [2.45, 2.75) is 40.5 Å². The van der Waals surface area contributed by atoms with Crippen molar-refractivity contribution in [3.63, 3.8) is 0 Å². The second-order valence-corrected chi connectivity index (χ2v) is 6.07. The Hall–Kier alpha value is -1.52. The van der Waals surface area contributed by atoms with Crippen LogP contribution in [0.2, 0.25) is 0 Å². The first-order valence-electron chi connectivity index (χ1n) is 7.49. The minimum absolute atomic E-state index is 0.325. The fourth-order valence-corrected chi connectivity index (χ4v) is 1.91. The first kappa shape index (κ1) is 16.5. The van der Waals surface area contributed by atoms with Gasteiger partial charge in [-0.25, -0.2) is 0 Å². The van der Waals surface area contributed by atoms with Gasteiger partial charge in [0.15, 0.2) is 0 Å². The van der Waals surface area contributed by atoms with Crippen LogP contribution in [-0.2, 0) is 0 Å². The van der Waals surface area contributed by atoms with Gasteiger partial charge in [-0.15, -0.1) is 0 Å². The quantitative estimate of drug-likeness (QED) is 0.765. The van der Waals surface area contributed by atoms with Crippen LogP contribution < -0.4 is 16.0 Å². The van der Waals surface area contributed by atoms with Gasteiger partial charge in [-0.3, -0.25) is 0 Å². The molecule has 0 atom stereocenters. The van der Waals surface area contributed by atoms with Crippen LogP contribution in [0.3, 0.4) is 0 Å². The fraction of sp³-hybridized carbons (Fsp3) is 0.733. The monoisotopic (exact) mass is 279 g/mol. The molecule has 0 aliphatic carbocycles. The zero-order valence-corrected chi connectivity index (χ0v) is 13.5. The summed E-state index contributed by atoms with van der Waals surface area (Å²) in [6.45, 7) is 11.0. The summed E-state index contributed by atoms with van der Waals surface area (Å²) < 4.78 is 0. The Balaban J connectivity index is 2.86. The van der Waals surface area contributed by atoms with Crippen molar-refractivity contribution >= 4 is 17.6 Å². The van der Waals surface area contributed by atoms with Gasteiger partial charge in [0.25, 0.3) is 0 Å². The maximum absolute atomic E-state index is 5.80. The summed E-state index contributed by atoms with van der Waals surface area (Å²) in [5.74, 6) is 3.37. The van der Waals surface area contributed by atoms with E-state index in [1.807, 2.05) is 13.1 Å². The van der Waals surface area contributed by atoms with Gasteiger partial charge < -0.3 is 16.0 Å². The number of hydrogen-bond acceptors (Lipinski definition) is 5. The molecule has 3 N–H and O–H groups in total. The third-order valence-electron chi connectivity index (χ3n) is 3.26. The Bertz CT molecular complexity index is 391. The zero-order chi connectivity index (χ0) is 15.1. The van der Waals surface area contributed by atoms with Gasteiger partial charge in [0.1, 0.15) is 11.6 Å². The third kappa shape index (κ3) is 5.63. The molecule has 0 saturated heterocycles. The van der Waals surface area contributed by atoms with Gasteiger partial charge in [0.05, 0.1) is 0 Å². The van der Waals surface area contributed by atoms with Gasteiger partial charge in [-0.1, -0.05) is 27.7 Å². The van der Waals surface area contributed by atoms with E-state index >= 15 is 0 Å². The molecule has 1 aromatic rings. The molecule has 1 heterocycles. The highest BCUT2D eigenvalue weighted by Gasteiger charge is 2.12. The minimum Gasteiger partial charge on any atom is -0.373 e. The smallest absolute Gasteiger partial charge is 0.223 e. The average Bonchev–Trinajstić information content (AvgIpc) is 2.37. The lowest BCUT2D eigenvalue weighted by Crippen LogP contribution is -2.28. The Labute approximate surface area is 123 Å². The van der Waals surface area contributed by atoms with E-state index in [9.17, 15) is 0 Å². The van der Waals surface area contributed by atoms with Crippen LogP contribution in [-0.4, -0.2) is 30.1 Å². The van der Waals surface area contributed by atoms with E-state index in [1.165, 1.54) is 0 Å². The lowest BCUT2D eigenvalue weighted by Gasteiger charge is -2.26. The van der Waals surface area contributed by atoms with Gasteiger partial charge in [-0.05, 0) is 24.7 Å². The molecule has 0 aliphatic rings. The summed E-state index contributed by atoms with van der Waals surface area (Å²) in [6, 6.07) is 1.97. The number of nitrogens with one attached hydrogen (secondary N) is 1. The van der Waals surface area contributed by atoms with Crippen LogP contribution in [0.1, 0.15) is 40.5 Å². The van der Waals surface area contributed by atoms with Crippen LogP contribution in [0.15, 0.2) is 6.07 Å². The van der Waals surface area contributed by atoms with Crippen LogP contribution in [0, 0.1) is 11.8 Å². The van der Waals surface area contributed by atoms with E-state index in [0.717, 1.165) is 37.6 Å². The number of aromatic nitrogens is 2. The number of rotatable bonds is 8. The van der Waals surface area contributed by atoms with Gasteiger partial charge in [0.2, 0.25) is 5.95 Å². The molecule has 0 aliphatic heterocycles. The predicted octanol–water partition coefficient (Wildman–Crippen LogP) is 3.00. The molecular weight excluding hydrogens is 250 g/mol. The van der Waals surface area contributed by atoms with Gasteiger partial charge >= 0.3 is 0 Å². The summed E-state index contributed by atoms with van der Waals surface area (Å²) in [4.78, 5) is 10.9. The van der Waals surface area contributed by atoms with Crippen molar-refractivity contribution < 1.29 is 0 Å². The van der Waals surface area contributed by atoms with E-state index in [0.29, 0.717) is 17.8 Å². The van der Waals surface area contributed by atoms with Crippen LogP contribution in [0.5, 0.6) is 0 Å². The molecule has 0 spiro atoms. The number of nitrogen functional groups attached to an aromatic ring is 1. The third-order valence-corrected chi connectivity index (χ3v) is 3.26. The van der Waals surface area contributed by atoms with Crippen molar-refractivity contribution in [2.75, 3.05) is 36.1 Å². The Morgan fingerprint density at radius 3 is 2.10 bits per heavy atom. The lowest BCUT2D eigenvalue weighted by molar-refractivity contribution is 0.533. The second kappa shape index (κ2) is 7.92. The SMILES string of the molecule is CNc1cc(N(CCC(C)C)CCC(C)C)nc(N)n1. The standard InChI is InChI=1S/C15H29N5/c1-11(2)6-8-20(9-7-12(3)4)14-10-13(17-5)18-15(16)19-14/h10-12H,6-9H2,1-5H3,(H3,16,17,18,19). The Morgan fingerprint density at radius 2 is 1.65 bits per heavy atom. The Kier molecular flexibility index (Phi) is 6.55. The minimum atomic E-state index is 0.325. The largest absolute Gasteiger partial charge is 0.373 e. The molecule has 0 aromatic carbocycles. The Morgan fingerprint density at radius 1 is 1.10 bits per heavy atom. The van der Waals surface area contributed by atoms with Crippen molar-refractivity contribution in [2.24, 2.45) is 11.8 Å². The molecule has 1 rings (SSSR count). The first-order valence-corrected chi connectivity index (χ1v) is 7.49. The molecule has 0 bridgehead atoms. The molecular formula is C15H29N5. The molecule has 0 unspecified atom stereocenters. The summed E-state index contributed by atoms with van der Waals surface area (Å²) in [5.41, 5.74) is 5.80. The topological polar surface area (TPSA) is 67.1 Å². The first-order chi connectivity index (χ1) is 9.42. The highest BCUT2D eigenvalue weighted by atomic mass is 15.2. The predicted molar refractivity (Wildman–Crippen MR) is 87.1 cm³/mol. The van der Waals surface area contributed by atoms with Crippen molar-refractivity contribution in [1.29, 1.82) is 0 Å². The average molecular weight is 279 g/mol. The molecule has 114 valence electrons. The molecule has 0 amide bonds. The summed E-state index contributed by atoms with van der Waals surface area (Å²) in [5, 5.41) is 3.04. The molecule has 5 nitrogen and oxygen atoms in total. The van der Waals surface area contributed by atoms with Crippen molar-refractivity contribution in [3.8, 4) is 0 Å². The van der Waals surface area contributed by atoms with Gasteiger partial charge in [0, 0.05) is 26.2 Å². The number of nitrogens with zero attached hydrogens (tertiary/aromatic N) is 3. The molecule has 1 aromatic heterocycles. The molecule has 20 heavy (non-hydrogen) atoms. The van der Waals surface area contributed by atoms with Crippen molar-refractivity contribution in [1.82, 2.24) is 9.97 Å². The molecule has 0 radical (unpaired) electrons. The summed E-state index contributed by atoms with van der Waals surface area (Å²) >= 11 is 0. The number of hydrogen-bond donors (Lipinski definition) is 2. The van der Waals surface area contributed by atoms with E-state index in [2.05, 4.69) is 47.9 Å². The molecule has 0 saturated carbocycles. The lowest BCUT2D eigenvalue weighted by atomic mass is 10.1. The maximum Gasteiger partial charge on any atom is 0.223 e. The van der Waals surface area contributed by atoms with Crippen LogP contribution in [0.25, 0.3) is 0 Å². The van der Waals surface area contributed by atoms with Crippen molar-refractivity contribution in [3.05, 3.63) is 6.07 Å². The second-order valence-electron chi connectivity index (χ2n) is 6.07. The molecule has 5 heteroatoms. The summed E-state index contributed by atoms with van der Waals surface area (Å²) in [6.07, 6.45) is 2.30. The highest BCUT2D eigenvalue weighted by Crippen LogP contribution is 2.19. The van der Waals surface area contributed by atoms with E-state index in [-0.39, 0.29) is 0 Å². The number of nitrogens with two attached hydrogens (primary N) is 1. The van der Waals surface area contributed by atoms with Gasteiger partial charge in [-0.2, -0.15) is 9.97 Å². The highest BCUT2D eigenvalue weighted by molar-refractivity contribution is 5.52.